The van der Waals surface area contributed by atoms with Gasteiger partial charge in [0.2, 0.25) is 0 Å². The van der Waals surface area contributed by atoms with Crippen LogP contribution in [0.5, 0.6) is 0 Å². The first-order chi connectivity index (χ1) is 6.58. The van der Waals surface area contributed by atoms with E-state index in [2.05, 4.69) is 27.7 Å². The SMILES string of the molecule is CCC(C)(OC(C)C)C1CCCCC1. The van der Waals surface area contributed by atoms with Crippen molar-refractivity contribution in [2.75, 3.05) is 0 Å². The predicted molar refractivity (Wildman–Crippen MR) is 61.5 cm³/mol. The maximum absolute atomic E-state index is 6.13. The summed E-state index contributed by atoms with van der Waals surface area (Å²) in [6.07, 6.45) is 8.49. The van der Waals surface area contributed by atoms with Crippen LogP contribution in [0.4, 0.5) is 0 Å². The average Bonchev–Trinajstić information content (AvgIpc) is 2.18. The van der Waals surface area contributed by atoms with Crippen molar-refractivity contribution in [1.29, 1.82) is 0 Å². The Labute approximate surface area is 89.2 Å². The van der Waals surface area contributed by atoms with Crippen LogP contribution in [0.3, 0.4) is 0 Å². The molecule has 1 atom stereocenters. The van der Waals surface area contributed by atoms with Gasteiger partial charge in [-0.2, -0.15) is 0 Å². The molecule has 0 aromatic rings. The second kappa shape index (κ2) is 5.16. The predicted octanol–water partition coefficient (Wildman–Crippen LogP) is 4.16. The molecule has 0 aliphatic heterocycles. The van der Waals surface area contributed by atoms with Crippen LogP contribution in [0.2, 0.25) is 0 Å². The molecule has 0 aromatic heterocycles. The van der Waals surface area contributed by atoms with E-state index < -0.39 is 0 Å². The van der Waals surface area contributed by atoms with E-state index >= 15 is 0 Å². The zero-order valence-electron chi connectivity index (χ0n) is 10.3. The molecule has 1 saturated carbocycles. The molecule has 14 heavy (non-hydrogen) atoms. The highest BCUT2D eigenvalue weighted by molar-refractivity contribution is 4.85. The van der Waals surface area contributed by atoms with Crippen molar-refractivity contribution in [3.8, 4) is 0 Å². The van der Waals surface area contributed by atoms with Gasteiger partial charge in [-0.05, 0) is 46.0 Å². The summed E-state index contributed by atoms with van der Waals surface area (Å²) in [7, 11) is 0. The molecule has 0 aromatic carbocycles. The van der Waals surface area contributed by atoms with Gasteiger partial charge in [0.15, 0.2) is 0 Å². The molecule has 0 N–H and O–H groups in total. The quantitative estimate of drug-likeness (QED) is 0.659. The molecule has 0 bridgehead atoms. The Hall–Kier alpha value is -0.0400. The molecule has 0 amide bonds. The van der Waals surface area contributed by atoms with E-state index in [0.717, 1.165) is 12.3 Å². The van der Waals surface area contributed by atoms with E-state index in [1.54, 1.807) is 0 Å². The van der Waals surface area contributed by atoms with Gasteiger partial charge in [-0.1, -0.05) is 26.2 Å². The van der Waals surface area contributed by atoms with Crippen molar-refractivity contribution in [3.05, 3.63) is 0 Å². The fourth-order valence-corrected chi connectivity index (χ4v) is 2.72. The molecule has 1 heteroatoms. The zero-order valence-corrected chi connectivity index (χ0v) is 10.3. The largest absolute Gasteiger partial charge is 0.372 e. The molecule has 0 saturated heterocycles. The van der Waals surface area contributed by atoms with Gasteiger partial charge in [-0.15, -0.1) is 0 Å². The van der Waals surface area contributed by atoms with Crippen LogP contribution in [0, 0.1) is 5.92 Å². The highest BCUT2D eigenvalue weighted by Crippen LogP contribution is 2.37. The minimum atomic E-state index is 0.134. The summed E-state index contributed by atoms with van der Waals surface area (Å²) in [5, 5.41) is 0. The Morgan fingerprint density at radius 2 is 1.79 bits per heavy atom. The van der Waals surface area contributed by atoms with Crippen molar-refractivity contribution in [1.82, 2.24) is 0 Å². The minimum Gasteiger partial charge on any atom is -0.372 e. The average molecular weight is 198 g/mol. The molecule has 1 nitrogen and oxygen atoms in total. The van der Waals surface area contributed by atoms with Gasteiger partial charge in [0.05, 0.1) is 11.7 Å². The first kappa shape index (κ1) is 12.0. The summed E-state index contributed by atoms with van der Waals surface area (Å²) >= 11 is 0. The molecule has 1 aliphatic carbocycles. The molecular formula is C13H26O. The van der Waals surface area contributed by atoms with Crippen molar-refractivity contribution < 1.29 is 4.74 Å². The molecule has 1 fully saturated rings. The monoisotopic (exact) mass is 198 g/mol. The molecule has 0 radical (unpaired) electrons. The van der Waals surface area contributed by atoms with Gasteiger partial charge >= 0.3 is 0 Å². The number of rotatable bonds is 4. The highest BCUT2D eigenvalue weighted by atomic mass is 16.5. The van der Waals surface area contributed by atoms with E-state index in [-0.39, 0.29) is 5.60 Å². The van der Waals surface area contributed by atoms with Crippen LogP contribution < -0.4 is 0 Å². The lowest BCUT2D eigenvalue weighted by Gasteiger charge is -2.40. The van der Waals surface area contributed by atoms with Crippen LogP contribution in [-0.2, 0) is 4.74 Å². The van der Waals surface area contributed by atoms with Gasteiger partial charge in [-0.25, -0.2) is 0 Å². The third kappa shape index (κ3) is 2.98. The molecule has 0 spiro atoms. The lowest BCUT2D eigenvalue weighted by Crippen LogP contribution is -2.40. The third-order valence-electron chi connectivity index (χ3n) is 3.68. The molecule has 0 heterocycles. The summed E-state index contributed by atoms with van der Waals surface area (Å²) in [6, 6.07) is 0. The molecule has 1 aliphatic rings. The fourth-order valence-electron chi connectivity index (χ4n) is 2.72. The number of hydrogen-bond acceptors (Lipinski definition) is 1. The summed E-state index contributed by atoms with van der Waals surface area (Å²) in [5.41, 5.74) is 0.134. The minimum absolute atomic E-state index is 0.134. The first-order valence-corrected chi connectivity index (χ1v) is 6.26. The number of ether oxygens (including phenoxy) is 1. The van der Waals surface area contributed by atoms with E-state index in [0.29, 0.717) is 6.10 Å². The zero-order chi connectivity index (χ0) is 10.6. The topological polar surface area (TPSA) is 9.23 Å². The Morgan fingerprint density at radius 1 is 1.21 bits per heavy atom. The lowest BCUT2D eigenvalue weighted by atomic mass is 9.76. The van der Waals surface area contributed by atoms with Gasteiger partial charge in [0, 0.05) is 0 Å². The van der Waals surface area contributed by atoms with Crippen LogP contribution in [-0.4, -0.2) is 11.7 Å². The second-order valence-electron chi connectivity index (χ2n) is 5.17. The van der Waals surface area contributed by atoms with Crippen LogP contribution in [0.15, 0.2) is 0 Å². The Morgan fingerprint density at radius 3 is 2.21 bits per heavy atom. The van der Waals surface area contributed by atoms with Crippen molar-refractivity contribution in [3.63, 3.8) is 0 Å². The lowest BCUT2D eigenvalue weighted by molar-refractivity contribution is -0.114. The molecule has 1 unspecified atom stereocenters. The summed E-state index contributed by atoms with van der Waals surface area (Å²) < 4.78 is 6.13. The summed E-state index contributed by atoms with van der Waals surface area (Å²) in [4.78, 5) is 0. The Bertz CT molecular complexity index is 159. The molecular weight excluding hydrogens is 172 g/mol. The van der Waals surface area contributed by atoms with Crippen LogP contribution in [0.1, 0.15) is 66.2 Å². The summed E-state index contributed by atoms with van der Waals surface area (Å²) in [5.74, 6) is 0.795. The van der Waals surface area contributed by atoms with E-state index in [1.165, 1.54) is 32.1 Å². The van der Waals surface area contributed by atoms with Gasteiger partial charge in [-0.3, -0.25) is 0 Å². The standard InChI is InChI=1S/C13H26O/c1-5-13(4,14-11(2)3)12-9-7-6-8-10-12/h11-12H,5-10H2,1-4H3. The van der Waals surface area contributed by atoms with Crippen LogP contribution in [0.25, 0.3) is 0 Å². The van der Waals surface area contributed by atoms with Crippen molar-refractivity contribution in [2.24, 2.45) is 5.92 Å². The van der Waals surface area contributed by atoms with Gasteiger partial charge in [0.25, 0.3) is 0 Å². The fraction of sp³-hybridized carbons (Fsp3) is 1.00. The van der Waals surface area contributed by atoms with Crippen LogP contribution >= 0.6 is 0 Å². The number of hydrogen-bond donors (Lipinski definition) is 0. The van der Waals surface area contributed by atoms with Crippen molar-refractivity contribution >= 4 is 0 Å². The molecule has 84 valence electrons. The highest BCUT2D eigenvalue weighted by Gasteiger charge is 2.34. The maximum Gasteiger partial charge on any atom is 0.0683 e. The second-order valence-corrected chi connectivity index (χ2v) is 5.17. The third-order valence-corrected chi connectivity index (χ3v) is 3.68. The normalized spacial score (nSPS) is 23.8. The summed E-state index contributed by atoms with van der Waals surface area (Å²) in [6.45, 7) is 8.87. The van der Waals surface area contributed by atoms with Gasteiger partial charge < -0.3 is 4.74 Å². The first-order valence-electron chi connectivity index (χ1n) is 6.26. The van der Waals surface area contributed by atoms with E-state index in [1.807, 2.05) is 0 Å². The Kier molecular flexibility index (Phi) is 4.43. The van der Waals surface area contributed by atoms with E-state index in [4.69, 9.17) is 4.74 Å². The van der Waals surface area contributed by atoms with Crippen molar-refractivity contribution in [2.45, 2.75) is 77.9 Å². The molecule has 1 rings (SSSR count). The van der Waals surface area contributed by atoms with E-state index in [9.17, 15) is 0 Å². The Balaban J connectivity index is 2.56. The van der Waals surface area contributed by atoms with Gasteiger partial charge in [0.1, 0.15) is 0 Å². The smallest absolute Gasteiger partial charge is 0.0683 e. The maximum atomic E-state index is 6.13.